The first-order chi connectivity index (χ1) is 18.3. The van der Waals surface area contributed by atoms with Crippen molar-refractivity contribution in [3.8, 4) is 11.3 Å². The van der Waals surface area contributed by atoms with E-state index < -0.39 is 29.7 Å². The summed E-state index contributed by atoms with van der Waals surface area (Å²) in [6.45, 7) is 4.49. The minimum atomic E-state index is -0.805. The summed E-state index contributed by atoms with van der Waals surface area (Å²) < 4.78 is 38.8. The lowest BCUT2D eigenvalue weighted by Gasteiger charge is -2.25. The summed E-state index contributed by atoms with van der Waals surface area (Å²) in [5, 5.41) is 7.37. The van der Waals surface area contributed by atoms with Gasteiger partial charge < -0.3 is 20.3 Å². The van der Waals surface area contributed by atoms with Crippen LogP contribution in [-0.4, -0.2) is 29.8 Å². The highest BCUT2D eigenvalue weighted by Crippen LogP contribution is 2.26. The van der Waals surface area contributed by atoms with Gasteiger partial charge in [-0.25, -0.2) is 13.6 Å². The highest BCUT2D eigenvalue weighted by molar-refractivity contribution is 5.97. The lowest BCUT2D eigenvalue weighted by Crippen LogP contribution is -2.46. The molecule has 0 saturated heterocycles. The number of nitrogens with zero attached hydrogens (tertiary/aromatic N) is 1. The lowest BCUT2D eigenvalue weighted by molar-refractivity contribution is 0.0237. The predicted molar refractivity (Wildman–Crippen MR) is 141 cm³/mol. The third-order valence-corrected chi connectivity index (χ3v) is 6.32. The summed E-state index contributed by atoms with van der Waals surface area (Å²) in [5.74, 6) is -1.70. The second kappa shape index (κ2) is 12.6. The Morgan fingerprint density at radius 1 is 1.00 bits per heavy atom. The van der Waals surface area contributed by atoms with Gasteiger partial charge in [0.15, 0.2) is 0 Å². The van der Waals surface area contributed by atoms with E-state index in [4.69, 9.17) is 15.0 Å². The van der Waals surface area contributed by atoms with Gasteiger partial charge in [0, 0.05) is 30.8 Å². The number of hydrogen-bond acceptors (Lipinski definition) is 6. The second-order valence-corrected chi connectivity index (χ2v) is 9.22. The molecular formula is C30H31F2N3O3. The number of carbonyl (C=O) groups is 1. The average Bonchev–Trinajstić information content (AvgIpc) is 3.29. The molecule has 2 unspecified atom stereocenters. The van der Waals surface area contributed by atoms with Gasteiger partial charge in [0.1, 0.15) is 34.8 Å². The summed E-state index contributed by atoms with van der Waals surface area (Å²) in [6.07, 6.45) is 0.222. The van der Waals surface area contributed by atoms with E-state index in [2.05, 4.69) is 29.5 Å². The molecule has 8 heteroatoms. The van der Waals surface area contributed by atoms with Gasteiger partial charge in [-0.15, -0.1) is 0 Å². The van der Waals surface area contributed by atoms with Crippen LogP contribution in [0.1, 0.15) is 39.7 Å². The molecule has 0 fully saturated rings. The Balaban J connectivity index is 1.54. The van der Waals surface area contributed by atoms with E-state index in [1.54, 1.807) is 6.92 Å². The number of ether oxygens (including phenoxy) is 1. The largest absolute Gasteiger partial charge is 0.456 e. The minimum absolute atomic E-state index is 0.105. The van der Waals surface area contributed by atoms with Crippen molar-refractivity contribution in [2.45, 2.75) is 45.4 Å². The first kappa shape index (κ1) is 27.2. The van der Waals surface area contributed by atoms with Gasteiger partial charge in [-0.1, -0.05) is 66.7 Å². The van der Waals surface area contributed by atoms with Crippen molar-refractivity contribution < 1.29 is 22.8 Å². The Kier molecular flexibility index (Phi) is 8.99. The molecule has 198 valence electrons. The number of nitrogens with two attached hydrogens (primary N) is 1. The van der Waals surface area contributed by atoms with Gasteiger partial charge in [-0.05, 0) is 48.6 Å². The van der Waals surface area contributed by atoms with Crippen LogP contribution in [0.4, 0.5) is 8.78 Å². The molecule has 1 heterocycles. The fraction of sp³-hybridized carbons (Fsp3) is 0.267. The van der Waals surface area contributed by atoms with E-state index in [-0.39, 0.29) is 18.5 Å². The summed E-state index contributed by atoms with van der Waals surface area (Å²) >= 11 is 0. The number of benzene rings is 3. The molecule has 38 heavy (non-hydrogen) atoms. The second-order valence-electron chi connectivity index (χ2n) is 9.22. The molecule has 0 amide bonds. The molecule has 0 aliphatic rings. The molecule has 0 bridgehead atoms. The van der Waals surface area contributed by atoms with Crippen LogP contribution in [0.25, 0.3) is 11.3 Å². The van der Waals surface area contributed by atoms with Crippen molar-refractivity contribution in [1.82, 2.24) is 10.5 Å². The van der Waals surface area contributed by atoms with Crippen molar-refractivity contribution >= 4 is 5.97 Å². The number of carbonyl (C=O) groups excluding carboxylic acids is 1. The number of hydrogen-bond donors (Lipinski definition) is 2. The van der Waals surface area contributed by atoms with E-state index in [1.807, 2.05) is 42.5 Å². The number of nitrogens with one attached hydrogen (secondary N) is 1. The van der Waals surface area contributed by atoms with Gasteiger partial charge in [0.25, 0.3) is 0 Å². The van der Waals surface area contributed by atoms with Gasteiger partial charge in [-0.2, -0.15) is 0 Å². The van der Waals surface area contributed by atoms with Gasteiger partial charge >= 0.3 is 5.97 Å². The van der Waals surface area contributed by atoms with Gasteiger partial charge in [0.05, 0.1) is 0 Å². The Morgan fingerprint density at radius 3 is 2.42 bits per heavy atom. The number of rotatable bonds is 11. The maximum absolute atomic E-state index is 13.8. The Labute approximate surface area is 220 Å². The quantitative estimate of drug-likeness (QED) is 0.259. The third-order valence-electron chi connectivity index (χ3n) is 6.32. The van der Waals surface area contributed by atoms with Crippen molar-refractivity contribution in [3.05, 3.63) is 112 Å². The van der Waals surface area contributed by atoms with E-state index in [1.165, 1.54) is 17.7 Å². The van der Waals surface area contributed by atoms with Crippen molar-refractivity contribution in [2.75, 3.05) is 6.54 Å². The van der Waals surface area contributed by atoms with Crippen LogP contribution in [0.5, 0.6) is 0 Å². The molecule has 6 nitrogen and oxygen atoms in total. The number of aryl methyl sites for hydroxylation is 2. The number of halogens is 2. The molecule has 1 aromatic heterocycles. The molecular weight excluding hydrogens is 488 g/mol. The summed E-state index contributed by atoms with van der Waals surface area (Å²) in [5.41, 5.74) is 10.4. The molecule has 2 atom stereocenters. The zero-order valence-electron chi connectivity index (χ0n) is 21.4. The first-order valence-electron chi connectivity index (χ1n) is 12.6. The van der Waals surface area contributed by atoms with E-state index in [9.17, 15) is 13.6 Å². The molecule has 0 radical (unpaired) electrons. The van der Waals surface area contributed by atoms with Gasteiger partial charge in [0.2, 0.25) is 0 Å². The molecule has 3 N–H and O–H groups in total. The van der Waals surface area contributed by atoms with E-state index >= 15 is 0 Å². The predicted octanol–water partition coefficient (Wildman–Crippen LogP) is 5.38. The maximum atomic E-state index is 13.8. The molecule has 3 aromatic carbocycles. The highest BCUT2D eigenvalue weighted by atomic mass is 19.1. The Hall–Kier alpha value is -3.88. The van der Waals surface area contributed by atoms with Crippen LogP contribution in [-0.2, 0) is 24.1 Å². The average molecular weight is 520 g/mol. The summed E-state index contributed by atoms with van der Waals surface area (Å²) in [6, 6.07) is 19.9. The molecule has 4 aromatic rings. The van der Waals surface area contributed by atoms with Crippen LogP contribution in [0, 0.1) is 18.6 Å². The monoisotopic (exact) mass is 519 g/mol. The van der Waals surface area contributed by atoms with Crippen molar-refractivity contribution in [3.63, 3.8) is 0 Å². The van der Waals surface area contributed by atoms with Crippen molar-refractivity contribution in [2.24, 2.45) is 5.73 Å². The third kappa shape index (κ3) is 6.90. The smallest absolute Gasteiger partial charge is 0.344 e. The SMILES string of the molecule is CCc1cccc(CNCC(OC(=O)c2c(-c3ccccc3)noc2C)C(N)Cc2cc(F)cc(F)c2)c1. The zero-order valence-corrected chi connectivity index (χ0v) is 21.4. The first-order valence-corrected chi connectivity index (χ1v) is 12.6. The fourth-order valence-corrected chi connectivity index (χ4v) is 4.33. The number of aromatic nitrogens is 1. The van der Waals surface area contributed by atoms with Crippen LogP contribution in [0.2, 0.25) is 0 Å². The standard InChI is InChI=1S/C30H31F2N3O3/c1-3-20-8-7-9-21(12-20)17-34-18-27(26(33)15-22-13-24(31)16-25(32)14-22)37-30(36)28-19(2)38-35-29(28)23-10-5-4-6-11-23/h4-14,16,26-27,34H,3,15,17-18,33H2,1-2H3. The fourth-order valence-electron chi connectivity index (χ4n) is 4.33. The summed E-state index contributed by atoms with van der Waals surface area (Å²) in [7, 11) is 0. The Bertz CT molecular complexity index is 1350. The van der Waals surface area contributed by atoms with Crippen LogP contribution in [0.15, 0.2) is 77.3 Å². The van der Waals surface area contributed by atoms with E-state index in [0.717, 1.165) is 18.1 Å². The molecule has 0 aliphatic heterocycles. The van der Waals surface area contributed by atoms with Crippen LogP contribution >= 0.6 is 0 Å². The van der Waals surface area contributed by atoms with E-state index in [0.29, 0.717) is 29.1 Å². The molecule has 0 spiro atoms. The maximum Gasteiger partial charge on any atom is 0.344 e. The summed E-state index contributed by atoms with van der Waals surface area (Å²) in [4.78, 5) is 13.4. The normalized spacial score (nSPS) is 12.8. The highest BCUT2D eigenvalue weighted by Gasteiger charge is 2.28. The molecule has 0 aliphatic carbocycles. The topological polar surface area (TPSA) is 90.4 Å². The Morgan fingerprint density at radius 2 is 1.71 bits per heavy atom. The van der Waals surface area contributed by atoms with Crippen LogP contribution < -0.4 is 11.1 Å². The molecule has 4 rings (SSSR count). The lowest BCUT2D eigenvalue weighted by atomic mass is 10.0. The zero-order chi connectivity index (χ0) is 27.1. The number of esters is 1. The molecule has 0 saturated carbocycles. The van der Waals surface area contributed by atoms with Crippen molar-refractivity contribution in [1.29, 1.82) is 0 Å². The van der Waals surface area contributed by atoms with Crippen LogP contribution in [0.3, 0.4) is 0 Å². The minimum Gasteiger partial charge on any atom is -0.456 e. The van der Waals surface area contributed by atoms with Gasteiger partial charge in [-0.3, -0.25) is 0 Å².